The van der Waals surface area contributed by atoms with E-state index < -0.39 is 0 Å². The van der Waals surface area contributed by atoms with Gasteiger partial charge in [0.05, 0.1) is 6.54 Å². The van der Waals surface area contributed by atoms with Gasteiger partial charge in [-0.15, -0.1) is 0 Å². The molecule has 0 unspecified atom stereocenters. The second-order valence-electron chi connectivity index (χ2n) is 8.28. The van der Waals surface area contributed by atoms with Gasteiger partial charge in [-0.1, -0.05) is 18.2 Å². The van der Waals surface area contributed by atoms with Crippen molar-refractivity contribution in [2.24, 2.45) is 5.92 Å². The number of hydrogen-bond donors (Lipinski definition) is 0. The summed E-state index contributed by atoms with van der Waals surface area (Å²) in [6, 6.07) is 9.30. The second-order valence-corrected chi connectivity index (χ2v) is 8.28. The van der Waals surface area contributed by atoms with Gasteiger partial charge in [0, 0.05) is 36.7 Å². The number of anilines is 1. The Morgan fingerprint density at radius 2 is 2.03 bits per heavy atom. The summed E-state index contributed by atoms with van der Waals surface area (Å²) < 4.78 is 5.70. The van der Waals surface area contributed by atoms with E-state index in [4.69, 9.17) is 9.40 Å². The molecule has 30 heavy (non-hydrogen) atoms. The topological polar surface area (TPSA) is 79.5 Å². The number of aromatic nitrogens is 2. The summed E-state index contributed by atoms with van der Waals surface area (Å²) in [5, 5.41) is 0.893. The first-order chi connectivity index (χ1) is 14.5. The molecule has 154 valence electrons. The average molecular weight is 404 g/mol. The lowest BCUT2D eigenvalue weighted by Gasteiger charge is -2.29. The van der Waals surface area contributed by atoms with Crippen LogP contribution in [-0.4, -0.2) is 40.3 Å². The summed E-state index contributed by atoms with van der Waals surface area (Å²) in [7, 11) is 1.71. The van der Waals surface area contributed by atoms with Crippen molar-refractivity contribution < 1.29 is 14.0 Å². The van der Waals surface area contributed by atoms with Crippen molar-refractivity contribution in [1.82, 2.24) is 14.9 Å². The lowest BCUT2D eigenvalue weighted by atomic mass is 10.0. The molecule has 1 aromatic carbocycles. The van der Waals surface area contributed by atoms with Crippen molar-refractivity contribution in [3.63, 3.8) is 0 Å². The Kier molecular flexibility index (Phi) is 4.53. The summed E-state index contributed by atoms with van der Waals surface area (Å²) in [5.74, 6) is 2.04. The molecular weight excluding hydrogens is 380 g/mol. The lowest BCUT2D eigenvalue weighted by molar-refractivity contribution is -0.119. The van der Waals surface area contributed by atoms with E-state index in [2.05, 4.69) is 4.98 Å². The zero-order valence-corrected chi connectivity index (χ0v) is 17.2. The first kappa shape index (κ1) is 18.8. The van der Waals surface area contributed by atoms with Gasteiger partial charge >= 0.3 is 0 Å². The van der Waals surface area contributed by atoms with E-state index in [1.165, 1.54) is 12.8 Å². The van der Waals surface area contributed by atoms with Crippen molar-refractivity contribution in [3.8, 4) is 0 Å². The van der Waals surface area contributed by atoms with Gasteiger partial charge in [0.25, 0.3) is 5.91 Å². The Balaban J connectivity index is 1.40. The minimum Gasteiger partial charge on any atom is -0.451 e. The van der Waals surface area contributed by atoms with Gasteiger partial charge in [0.15, 0.2) is 5.76 Å². The van der Waals surface area contributed by atoms with Crippen molar-refractivity contribution in [1.29, 1.82) is 0 Å². The van der Waals surface area contributed by atoms with Gasteiger partial charge in [-0.05, 0) is 44.2 Å². The molecule has 1 aliphatic heterocycles. The van der Waals surface area contributed by atoms with E-state index >= 15 is 0 Å². The number of carbonyl (C=O) groups is 2. The molecule has 0 spiro atoms. The highest BCUT2D eigenvalue weighted by molar-refractivity contribution is 5.96. The van der Waals surface area contributed by atoms with Gasteiger partial charge in [0.1, 0.15) is 17.2 Å². The Morgan fingerprint density at radius 1 is 1.23 bits per heavy atom. The summed E-state index contributed by atoms with van der Waals surface area (Å²) in [6.45, 7) is 2.93. The molecular formula is C23H24N4O3. The SMILES string of the molecule is Cc1nc(CN(C)C(=O)c2cc3ccccc3o2)nc2c1CCC(=O)N2CC1CC1. The van der Waals surface area contributed by atoms with Crippen LogP contribution in [-0.2, 0) is 17.8 Å². The summed E-state index contributed by atoms with van der Waals surface area (Å²) in [6.07, 6.45) is 3.53. The molecule has 5 rings (SSSR count). The third kappa shape index (κ3) is 3.44. The number of hydrogen-bond acceptors (Lipinski definition) is 5. The number of fused-ring (bicyclic) bond motifs is 2. The first-order valence-corrected chi connectivity index (χ1v) is 10.4. The normalized spacial score (nSPS) is 16.1. The van der Waals surface area contributed by atoms with Crippen molar-refractivity contribution in [3.05, 3.63) is 53.2 Å². The molecule has 0 bridgehead atoms. The maximum atomic E-state index is 12.9. The minimum atomic E-state index is -0.226. The predicted molar refractivity (Wildman–Crippen MR) is 112 cm³/mol. The summed E-state index contributed by atoms with van der Waals surface area (Å²) >= 11 is 0. The second kappa shape index (κ2) is 7.23. The zero-order chi connectivity index (χ0) is 20.8. The number of carbonyl (C=O) groups excluding carboxylic acids is 2. The molecule has 1 aliphatic carbocycles. The average Bonchev–Trinajstić information content (AvgIpc) is 3.44. The van der Waals surface area contributed by atoms with Gasteiger partial charge in [-0.3, -0.25) is 14.5 Å². The third-order valence-corrected chi connectivity index (χ3v) is 5.88. The van der Waals surface area contributed by atoms with Crippen LogP contribution in [0.1, 0.15) is 46.9 Å². The van der Waals surface area contributed by atoms with Crippen LogP contribution in [0.15, 0.2) is 34.7 Å². The molecule has 7 nitrogen and oxygen atoms in total. The van der Waals surface area contributed by atoms with E-state index in [0.717, 1.165) is 29.0 Å². The van der Waals surface area contributed by atoms with Crippen LogP contribution in [0.2, 0.25) is 0 Å². The molecule has 0 atom stereocenters. The summed E-state index contributed by atoms with van der Waals surface area (Å²) in [5.41, 5.74) is 2.61. The van der Waals surface area contributed by atoms with Crippen LogP contribution < -0.4 is 4.90 Å². The number of amides is 2. The van der Waals surface area contributed by atoms with Gasteiger partial charge < -0.3 is 9.32 Å². The predicted octanol–water partition coefficient (Wildman–Crippen LogP) is 3.49. The molecule has 0 N–H and O–H groups in total. The minimum absolute atomic E-state index is 0.130. The van der Waals surface area contributed by atoms with Crippen LogP contribution in [0.5, 0.6) is 0 Å². The van der Waals surface area contributed by atoms with Crippen LogP contribution in [0.3, 0.4) is 0 Å². The lowest BCUT2D eigenvalue weighted by Crippen LogP contribution is -2.38. The van der Waals surface area contributed by atoms with Crippen LogP contribution >= 0.6 is 0 Å². The number of nitrogens with zero attached hydrogens (tertiary/aromatic N) is 4. The van der Waals surface area contributed by atoms with Crippen LogP contribution in [0, 0.1) is 12.8 Å². The molecule has 0 radical (unpaired) electrons. The highest BCUT2D eigenvalue weighted by atomic mass is 16.3. The van der Waals surface area contributed by atoms with Crippen molar-refractivity contribution >= 4 is 28.6 Å². The highest BCUT2D eigenvalue weighted by Gasteiger charge is 2.33. The molecule has 3 heterocycles. The number of rotatable bonds is 5. The third-order valence-electron chi connectivity index (χ3n) is 5.88. The smallest absolute Gasteiger partial charge is 0.289 e. The fourth-order valence-electron chi connectivity index (χ4n) is 4.02. The van der Waals surface area contributed by atoms with Gasteiger partial charge in [0.2, 0.25) is 5.91 Å². The maximum absolute atomic E-state index is 12.9. The largest absolute Gasteiger partial charge is 0.451 e. The zero-order valence-electron chi connectivity index (χ0n) is 17.2. The Labute approximate surface area is 174 Å². The Morgan fingerprint density at radius 3 is 2.80 bits per heavy atom. The molecule has 2 aliphatic rings. The molecule has 0 saturated heterocycles. The molecule has 2 amide bonds. The molecule has 2 aromatic heterocycles. The fourth-order valence-corrected chi connectivity index (χ4v) is 4.02. The van der Waals surface area contributed by atoms with Gasteiger partial charge in [-0.25, -0.2) is 9.97 Å². The Hall–Kier alpha value is -3.22. The maximum Gasteiger partial charge on any atom is 0.289 e. The van der Waals surface area contributed by atoms with E-state index in [9.17, 15) is 9.59 Å². The van der Waals surface area contributed by atoms with E-state index in [1.807, 2.05) is 36.1 Å². The van der Waals surface area contributed by atoms with E-state index in [1.54, 1.807) is 18.0 Å². The number of para-hydroxylation sites is 1. The molecule has 1 saturated carbocycles. The molecule has 7 heteroatoms. The molecule has 1 fully saturated rings. The highest BCUT2D eigenvalue weighted by Crippen LogP contribution is 2.35. The van der Waals surface area contributed by atoms with E-state index in [0.29, 0.717) is 35.9 Å². The molecule has 3 aromatic rings. The number of benzene rings is 1. The van der Waals surface area contributed by atoms with Gasteiger partial charge in [-0.2, -0.15) is 0 Å². The fraction of sp³-hybridized carbons (Fsp3) is 0.391. The quantitative estimate of drug-likeness (QED) is 0.650. The van der Waals surface area contributed by atoms with Crippen LogP contribution in [0.4, 0.5) is 5.82 Å². The summed E-state index contributed by atoms with van der Waals surface area (Å²) in [4.78, 5) is 38.1. The monoisotopic (exact) mass is 404 g/mol. The number of aryl methyl sites for hydroxylation is 1. The van der Waals surface area contributed by atoms with Crippen molar-refractivity contribution in [2.45, 2.75) is 39.2 Å². The standard InChI is InChI=1S/C23H24N4O3/c1-14-17-9-10-21(28)27(12-15-7-8-15)22(17)25-20(24-14)13-26(2)23(29)19-11-16-5-3-4-6-18(16)30-19/h3-6,11,15H,7-10,12-13H2,1-2H3. The van der Waals surface area contributed by atoms with Crippen LogP contribution in [0.25, 0.3) is 11.0 Å². The van der Waals surface area contributed by atoms with Crippen molar-refractivity contribution in [2.75, 3.05) is 18.5 Å². The number of furan rings is 1. The van der Waals surface area contributed by atoms with E-state index in [-0.39, 0.29) is 18.4 Å². The Bertz CT molecular complexity index is 1120. The first-order valence-electron chi connectivity index (χ1n) is 10.4.